The normalized spacial score (nSPS) is 15.1. The lowest BCUT2D eigenvalue weighted by atomic mass is 10.1. The fourth-order valence-corrected chi connectivity index (χ4v) is 2.31. The largest absolute Gasteiger partial charge is 0.489 e. The second kappa shape index (κ2) is 5.72. The Morgan fingerprint density at radius 1 is 1.26 bits per heavy atom. The van der Waals surface area contributed by atoms with Gasteiger partial charge in [-0.3, -0.25) is 0 Å². The lowest BCUT2D eigenvalue weighted by Gasteiger charge is -2.31. The topological polar surface area (TPSA) is 38.5 Å². The molecule has 0 aliphatic heterocycles. The number of para-hydroxylation sites is 1. The van der Waals surface area contributed by atoms with E-state index in [2.05, 4.69) is 24.8 Å². The number of rotatable bonds is 6. The van der Waals surface area contributed by atoms with Gasteiger partial charge in [0.25, 0.3) is 0 Å². The van der Waals surface area contributed by atoms with E-state index in [1.165, 1.54) is 12.8 Å². The molecule has 106 valence electrons. The predicted molar refractivity (Wildman–Crippen MR) is 81.8 cm³/mol. The molecule has 0 amide bonds. The first kappa shape index (κ1) is 14.0. The Morgan fingerprint density at radius 3 is 2.47 bits per heavy atom. The fourth-order valence-electron chi connectivity index (χ4n) is 2.31. The summed E-state index contributed by atoms with van der Waals surface area (Å²) < 4.78 is 5.78. The molecular weight excluding hydrogens is 236 g/mol. The summed E-state index contributed by atoms with van der Waals surface area (Å²) in [6.07, 6.45) is 2.85. The van der Waals surface area contributed by atoms with Crippen molar-refractivity contribution in [2.45, 2.75) is 52.7 Å². The van der Waals surface area contributed by atoms with E-state index in [4.69, 9.17) is 10.5 Å². The molecule has 0 atom stereocenters. The van der Waals surface area contributed by atoms with Gasteiger partial charge in [-0.05, 0) is 58.6 Å². The summed E-state index contributed by atoms with van der Waals surface area (Å²) in [5, 5.41) is 0. The zero-order valence-corrected chi connectivity index (χ0v) is 12.5. The van der Waals surface area contributed by atoms with Gasteiger partial charge in [0.2, 0.25) is 0 Å². The van der Waals surface area contributed by atoms with Crippen LogP contribution in [0.15, 0.2) is 18.2 Å². The van der Waals surface area contributed by atoms with Gasteiger partial charge < -0.3 is 15.4 Å². The summed E-state index contributed by atoms with van der Waals surface area (Å²) in [4.78, 5) is 2.40. The molecule has 1 aromatic carbocycles. The van der Waals surface area contributed by atoms with Crippen LogP contribution in [0.4, 0.5) is 11.4 Å². The quantitative estimate of drug-likeness (QED) is 0.795. The number of nitrogens with zero attached hydrogens (tertiary/aromatic N) is 1. The number of ether oxygens (including phenoxy) is 1. The van der Waals surface area contributed by atoms with Crippen molar-refractivity contribution in [1.82, 2.24) is 0 Å². The van der Waals surface area contributed by atoms with E-state index in [0.29, 0.717) is 6.04 Å². The van der Waals surface area contributed by atoms with E-state index < -0.39 is 0 Å². The molecule has 2 N–H and O–H groups in total. The number of nitrogens with two attached hydrogens (primary N) is 1. The van der Waals surface area contributed by atoms with Crippen molar-refractivity contribution in [2.24, 2.45) is 5.92 Å². The van der Waals surface area contributed by atoms with Crippen LogP contribution in [0.5, 0.6) is 5.75 Å². The highest BCUT2D eigenvalue weighted by atomic mass is 16.5. The summed E-state index contributed by atoms with van der Waals surface area (Å²) >= 11 is 0. The van der Waals surface area contributed by atoms with Gasteiger partial charge in [0.15, 0.2) is 0 Å². The van der Waals surface area contributed by atoms with E-state index in [0.717, 1.165) is 29.6 Å². The summed E-state index contributed by atoms with van der Waals surface area (Å²) in [6.45, 7) is 9.59. The maximum absolute atomic E-state index is 6.30. The Hall–Kier alpha value is -1.38. The molecule has 1 aliphatic rings. The van der Waals surface area contributed by atoms with Gasteiger partial charge in [0.05, 0.1) is 17.5 Å². The molecule has 1 saturated carbocycles. The lowest BCUT2D eigenvalue weighted by molar-refractivity contribution is 0.244. The zero-order valence-electron chi connectivity index (χ0n) is 12.5. The highest BCUT2D eigenvalue weighted by molar-refractivity contribution is 5.74. The molecule has 1 aromatic rings. The monoisotopic (exact) mass is 262 g/mol. The van der Waals surface area contributed by atoms with E-state index in [1.54, 1.807) is 0 Å². The number of anilines is 2. The van der Waals surface area contributed by atoms with Crippen LogP contribution in [0.2, 0.25) is 0 Å². The molecule has 1 fully saturated rings. The molecule has 0 spiro atoms. The molecule has 1 aliphatic carbocycles. The first-order chi connectivity index (χ1) is 8.99. The van der Waals surface area contributed by atoms with Crippen molar-refractivity contribution in [3.05, 3.63) is 18.2 Å². The Balaban J connectivity index is 2.25. The van der Waals surface area contributed by atoms with Crippen LogP contribution in [-0.4, -0.2) is 18.7 Å². The van der Waals surface area contributed by atoms with Gasteiger partial charge in [0.1, 0.15) is 5.75 Å². The molecule has 0 saturated heterocycles. The molecule has 0 unspecified atom stereocenters. The fraction of sp³-hybridized carbons (Fsp3) is 0.625. The molecule has 0 aromatic heterocycles. The van der Waals surface area contributed by atoms with Crippen molar-refractivity contribution in [3.63, 3.8) is 0 Å². The van der Waals surface area contributed by atoms with Crippen molar-refractivity contribution in [2.75, 3.05) is 17.2 Å². The number of hydrogen-bond donors (Lipinski definition) is 1. The Bertz CT molecular complexity index is 425. The average molecular weight is 262 g/mol. The van der Waals surface area contributed by atoms with E-state index in [9.17, 15) is 0 Å². The molecular formula is C16H26N2O. The number of nitrogen functional groups attached to an aromatic ring is 1. The van der Waals surface area contributed by atoms with Gasteiger partial charge in [-0.25, -0.2) is 0 Å². The third-order valence-corrected chi connectivity index (χ3v) is 3.49. The van der Waals surface area contributed by atoms with Crippen molar-refractivity contribution >= 4 is 11.4 Å². The Labute approximate surface area is 116 Å². The molecule has 3 nitrogen and oxygen atoms in total. The van der Waals surface area contributed by atoms with Crippen molar-refractivity contribution in [3.8, 4) is 5.75 Å². The third kappa shape index (κ3) is 3.55. The zero-order chi connectivity index (χ0) is 14.0. The van der Waals surface area contributed by atoms with Crippen LogP contribution in [-0.2, 0) is 0 Å². The van der Waals surface area contributed by atoms with Crippen molar-refractivity contribution < 1.29 is 4.74 Å². The highest BCUT2D eigenvalue weighted by Gasteiger charge is 2.27. The molecule has 3 heteroatoms. The minimum atomic E-state index is 0.147. The number of benzene rings is 1. The van der Waals surface area contributed by atoms with Crippen LogP contribution in [0.1, 0.15) is 40.5 Å². The Morgan fingerprint density at radius 2 is 1.95 bits per heavy atom. The number of hydrogen-bond acceptors (Lipinski definition) is 3. The first-order valence-electron chi connectivity index (χ1n) is 7.30. The summed E-state index contributed by atoms with van der Waals surface area (Å²) in [5.74, 6) is 1.64. The van der Waals surface area contributed by atoms with E-state index in [-0.39, 0.29) is 6.10 Å². The van der Waals surface area contributed by atoms with Gasteiger partial charge in [-0.15, -0.1) is 0 Å². The molecule has 0 radical (unpaired) electrons. The standard InChI is InChI=1S/C16H26N2O/c1-11(2)18(10-13-8-9-13)14-6-5-7-15(16(14)17)19-12(3)4/h5-7,11-13H,8-10,17H2,1-4H3. The minimum absolute atomic E-state index is 0.147. The summed E-state index contributed by atoms with van der Waals surface area (Å²) in [7, 11) is 0. The SMILES string of the molecule is CC(C)Oc1cccc(N(CC2CC2)C(C)C)c1N. The van der Waals surface area contributed by atoms with Gasteiger partial charge in [0, 0.05) is 12.6 Å². The van der Waals surface area contributed by atoms with Crippen LogP contribution in [0.25, 0.3) is 0 Å². The maximum Gasteiger partial charge on any atom is 0.144 e. The van der Waals surface area contributed by atoms with Crippen LogP contribution >= 0.6 is 0 Å². The molecule has 2 rings (SSSR count). The van der Waals surface area contributed by atoms with Gasteiger partial charge in [-0.2, -0.15) is 0 Å². The van der Waals surface area contributed by atoms with Crippen LogP contribution < -0.4 is 15.4 Å². The highest BCUT2D eigenvalue weighted by Crippen LogP contribution is 2.37. The van der Waals surface area contributed by atoms with Crippen molar-refractivity contribution in [1.29, 1.82) is 0 Å². The van der Waals surface area contributed by atoms with Gasteiger partial charge >= 0.3 is 0 Å². The lowest BCUT2D eigenvalue weighted by Crippen LogP contribution is -2.33. The van der Waals surface area contributed by atoms with Gasteiger partial charge in [-0.1, -0.05) is 6.07 Å². The molecule has 0 heterocycles. The Kier molecular flexibility index (Phi) is 4.23. The molecule has 0 bridgehead atoms. The predicted octanol–water partition coefficient (Wildman–Crippen LogP) is 3.68. The van der Waals surface area contributed by atoms with Crippen LogP contribution in [0, 0.1) is 5.92 Å². The summed E-state index contributed by atoms with van der Waals surface area (Å²) in [6, 6.07) is 6.54. The van der Waals surface area contributed by atoms with E-state index in [1.807, 2.05) is 26.0 Å². The first-order valence-corrected chi connectivity index (χ1v) is 7.30. The third-order valence-electron chi connectivity index (χ3n) is 3.49. The second-order valence-corrected chi connectivity index (χ2v) is 6.05. The molecule has 19 heavy (non-hydrogen) atoms. The summed E-state index contributed by atoms with van der Waals surface area (Å²) in [5.41, 5.74) is 8.18. The maximum atomic E-state index is 6.30. The minimum Gasteiger partial charge on any atom is -0.489 e. The second-order valence-electron chi connectivity index (χ2n) is 6.05. The van der Waals surface area contributed by atoms with Crippen LogP contribution in [0.3, 0.4) is 0 Å². The van der Waals surface area contributed by atoms with E-state index >= 15 is 0 Å². The average Bonchev–Trinajstić information content (AvgIpc) is 3.12. The smallest absolute Gasteiger partial charge is 0.144 e.